The third kappa shape index (κ3) is 6.86. The van der Waals surface area contributed by atoms with E-state index in [9.17, 15) is 15.3 Å². The highest BCUT2D eigenvalue weighted by Gasteiger charge is 2.26. The van der Waals surface area contributed by atoms with Gasteiger partial charge in [0.1, 0.15) is 19.8 Å². The molecule has 0 aliphatic heterocycles. The van der Waals surface area contributed by atoms with Crippen LogP contribution in [0.1, 0.15) is 6.42 Å². The molecule has 0 heterocycles. The highest BCUT2D eigenvalue weighted by molar-refractivity contribution is 4.76. The van der Waals surface area contributed by atoms with Crippen LogP contribution in [0.5, 0.6) is 0 Å². The Hall–Kier alpha value is -0.320. The number of nitrogens with one attached hydrogen (secondary N) is 1. The van der Waals surface area contributed by atoms with Gasteiger partial charge in [0.15, 0.2) is 0 Å². The Bertz CT molecular complexity index is 223. The molecule has 0 spiro atoms. The van der Waals surface area contributed by atoms with E-state index >= 15 is 0 Å². The lowest BCUT2D eigenvalue weighted by Crippen LogP contribution is -2.45. The molecule has 8 heteroatoms. The van der Waals surface area contributed by atoms with Crippen LogP contribution in [0.4, 0.5) is 0 Å². The first-order chi connectivity index (χ1) is 8.33. The summed E-state index contributed by atoms with van der Waals surface area (Å²) < 4.78 is 7.31. The first-order valence-corrected chi connectivity index (χ1v) is 5.21. The van der Waals surface area contributed by atoms with Gasteiger partial charge in [-0.3, -0.25) is 5.31 Å². The topological polar surface area (TPSA) is 154 Å². The second-order valence-corrected chi connectivity index (χ2v) is 3.73. The average molecular weight is 256 g/mol. The van der Waals surface area contributed by atoms with E-state index in [0.29, 0.717) is 5.31 Å². The van der Waals surface area contributed by atoms with E-state index in [4.69, 9.17) is 21.8 Å². The maximum Gasteiger partial charge on any atom is 0.125 e. The van der Waals surface area contributed by atoms with Gasteiger partial charge in [0.2, 0.25) is 0 Å². The van der Waals surface area contributed by atoms with Crippen LogP contribution in [0.2, 0.25) is 1.41 Å². The summed E-state index contributed by atoms with van der Waals surface area (Å²) in [5, 5.41) is 63.9. The molecule has 0 amide bonds. The molecular formula is C9H21NO7. The molecular weight excluding hydrogens is 234 g/mol. The molecule has 0 saturated heterocycles. The molecule has 0 rings (SSSR count). The number of rotatable bonds is 9. The summed E-state index contributed by atoms with van der Waals surface area (Å²) in [5.74, 6) is 0. The van der Waals surface area contributed by atoms with E-state index in [1.165, 1.54) is 0 Å². The second-order valence-electron chi connectivity index (χ2n) is 3.73. The number of hydrogen-bond acceptors (Lipinski definition) is 8. The zero-order valence-electron chi connectivity index (χ0n) is 10.3. The zero-order chi connectivity index (χ0) is 14.3. The van der Waals surface area contributed by atoms with Crippen molar-refractivity contribution in [1.82, 2.24) is 5.31 Å². The van der Waals surface area contributed by atoms with Crippen molar-refractivity contribution in [3.63, 3.8) is 0 Å². The summed E-state index contributed by atoms with van der Waals surface area (Å²) in [7, 11) is 0. The molecule has 17 heavy (non-hydrogen) atoms. The SMILES string of the molecule is [2H]N(CC(O)CO)C(O)C[C@@H](O)[C@H](O)[C@H](O)CO. The van der Waals surface area contributed by atoms with Gasteiger partial charge >= 0.3 is 0 Å². The minimum atomic E-state index is -1.65. The van der Waals surface area contributed by atoms with E-state index < -0.39 is 50.3 Å². The molecule has 5 atom stereocenters. The van der Waals surface area contributed by atoms with Crippen LogP contribution in [-0.4, -0.2) is 86.1 Å². The molecule has 0 saturated carbocycles. The summed E-state index contributed by atoms with van der Waals surface area (Å²) >= 11 is 0. The van der Waals surface area contributed by atoms with Gasteiger partial charge in [0.25, 0.3) is 0 Å². The Kier molecular flexibility index (Phi) is 7.56. The van der Waals surface area contributed by atoms with E-state index in [-0.39, 0.29) is 6.54 Å². The molecule has 2 unspecified atom stereocenters. The normalized spacial score (nSPS) is 21.8. The van der Waals surface area contributed by atoms with Crippen LogP contribution in [0.25, 0.3) is 0 Å². The van der Waals surface area contributed by atoms with Gasteiger partial charge < -0.3 is 35.7 Å². The Balaban J connectivity index is 4.16. The van der Waals surface area contributed by atoms with Crippen molar-refractivity contribution in [2.24, 2.45) is 0 Å². The fourth-order valence-electron chi connectivity index (χ4n) is 1.10. The monoisotopic (exact) mass is 256 g/mol. The minimum Gasteiger partial charge on any atom is -0.394 e. The largest absolute Gasteiger partial charge is 0.394 e. The standard InChI is InChI=1S/C9H21NO7/c11-3-5(13)2-10-8(16)1-6(14)9(17)7(15)4-12/h5-17H,1-4H2/t5?,6-,7-,8?,9+/m1/s1/i/hD. The van der Waals surface area contributed by atoms with Crippen molar-refractivity contribution in [1.29, 1.82) is 0 Å². The van der Waals surface area contributed by atoms with Crippen LogP contribution in [0.15, 0.2) is 0 Å². The molecule has 0 fully saturated rings. The molecule has 0 aromatic carbocycles. The first kappa shape index (κ1) is 14.7. The molecule has 0 aliphatic rings. The smallest absolute Gasteiger partial charge is 0.125 e. The van der Waals surface area contributed by atoms with E-state index in [2.05, 4.69) is 0 Å². The van der Waals surface area contributed by atoms with Crippen molar-refractivity contribution in [3.05, 3.63) is 0 Å². The van der Waals surface area contributed by atoms with Crippen LogP contribution in [-0.2, 0) is 0 Å². The zero-order valence-corrected chi connectivity index (χ0v) is 9.29. The molecule has 8 N–H and O–H groups in total. The van der Waals surface area contributed by atoms with E-state index in [0.717, 1.165) is 0 Å². The van der Waals surface area contributed by atoms with Crippen molar-refractivity contribution in [2.75, 3.05) is 19.8 Å². The Morgan fingerprint density at radius 1 is 0.941 bits per heavy atom. The molecule has 0 bridgehead atoms. The first-order valence-electron chi connectivity index (χ1n) is 5.65. The van der Waals surface area contributed by atoms with Gasteiger partial charge in [-0.2, -0.15) is 0 Å². The molecule has 0 aromatic heterocycles. The van der Waals surface area contributed by atoms with Crippen LogP contribution < -0.4 is 5.31 Å². The van der Waals surface area contributed by atoms with Crippen LogP contribution in [0.3, 0.4) is 0 Å². The van der Waals surface area contributed by atoms with Gasteiger partial charge in [0, 0.05) is 13.0 Å². The minimum absolute atomic E-state index is 0.344. The number of hydrogen-bond donors (Lipinski definition) is 8. The molecule has 0 radical (unpaired) electrons. The van der Waals surface area contributed by atoms with Crippen molar-refractivity contribution in [3.8, 4) is 0 Å². The quantitative estimate of drug-likeness (QED) is 0.193. The van der Waals surface area contributed by atoms with Gasteiger partial charge in [-0.05, 0) is 0 Å². The van der Waals surface area contributed by atoms with Gasteiger partial charge in [-0.25, -0.2) is 0 Å². The lowest BCUT2D eigenvalue weighted by Gasteiger charge is -2.24. The highest BCUT2D eigenvalue weighted by Crippen LogP contribution is 2.06. The fraction of sp³-hybridized carbons (Fsp3) is 1.00. The average Bonchev–Trinajstić information content (AvgIpc) is 2.36. The second kappa shape index (κ2) is 8.72. The van der Waals surface area contributed by atoms with Crippen molar-refractivity contribution in [2.45, 2.75) is 37.1 Å². The predicted octanol–water partition coefficient (Wildman–Crippen LogP) is -4.29. The van der Waals surface area contributed by atoms with Gasteiger partial charge in [-0.1, -0.05) is 0 Å². The fourth-order valence-corrected chi connectivity index (χ4v) is 1.10. The van der Waals surface area contributed by atoms with E-state index in [1.807, 2.05) is 0 Å². The van der Waals surface area contributed by atoms with Crippen molar-refractivity contribution >= 4 is 0 Å². The summed E-state index contributed by atoms with van der Waals surface area (Å²) in [6.45, 7) is -1.67. The lowest BCUT2D eigenvalue weighted by molar-refractivity contribution is -0.0906. The Morgan fingerprint density at radius 3 is 2.00 bits per heavy atom. The predicted molar refractivity (Wildman–Crippen MR) is 56.8 cm³/mol. The van der Waals surface area contributed by atoms with Crippen molar-refractivity contribution < 1.29 is 37.2 Å². The molecule has 104 valence electrons. The third-order valence-electron chi connectivity index (χ3n) is 2.17. The maximum absolute atomic E-state index is 9.47. The summed E-state index contributed by atoms with van der Waals surface area (Å²) in [5.41, 5.74) is 0. The molecule has 0 aromatic rings. The van der Waals surface area contributed by atoms with Crippen LogP contribution in [0, 0.1) is 0 Å². The maximum atomic E-state index is 9.47. The molecule has 8 nitrogen and oxygen atoms in total. The van der Waals surface area contributed by atoms with Gasteiger partial charge in [-0.15, -0.1) is 0 Å². The van der Waals surface area contributed by atoms with Gasteiger partial charge in [0.05, 0.1) is 25.4 Å². The lowest BCUT2D eigenvalue weighted by atomic mass is 10.0. The summed E-state index contributed by atoms with van der Waals surface area (Å²) in [4.78, 5) is 0. The number of aliphatic hydroxyl groups is 7. The Labute approximate surface area is 100 Å². The summed E-state index contributed by atoms with van der Waals surface area (Å²) in [6, 6.07) is 0. The molecule has 0 aliphatic carbocycles. The number of aliphatic hydroxyl groups excluding tert-OH is 7. The van der Waals surface area contributed by atoms with E-state index in [1.54, 1.807) is 0 Å². The Morgan fingerprint density at radius 2 is 1.53 bits per heavy atom. The third-order valence-corrected chi connectivity index (χ3v) is 2.17. The highest BCUT2D eigenvalue weighted by atomic mass is 16.4. The summed E-state index contributed by atoms with van der Waals surface area (Å²) in [6.07, 6.45) is -7.90. The van der Waals surface area contributed by atoms with Crippen LogP contribution >= 0.6 is 0 Å².